The number of rotatable bonds is 3. The zero-order chi connectivity index (χ0) is 13.0. The van der Waals surface area contributed by atoms with E-state index in [2.05, 4.69) is 17.4 Å². The van der Waals surface area contributed by atoms with Crippen LogP contribution >= 0.6 is 0 Å². The fraction of sp³-hybridized carbons (Fsp3) is 0.0714. The van der Waals surface area contributed by atoms with E-state index >= 15 is 0 Å². The number of benzene rings is 2. The van der Waals surface area contributed by atoms with Crippen molar-refractivity contribution < 1.29 is 14.3 Å². The van der Waals surface area contributed by atoms with E-state index in [0.29, 0.717) is 11.3 Å². The summed E-state index contributed by atoms with van der Waals surface area (Å²) >= 11 is 3.41. The van der Waals surface area contributed by atoms with Gasteiger partial charge in [-0.1, -0.05) is 0 Å². The highest BCUT2D eigenvalue weighted by Crippen LogP contribution is 2.22. The molecule has 0 fully saturated rings. The van der Waals surface area contributed by atoms with Crippen LogP contribution in [0, 0.1) is 0 Å². The minimum Gasteiger partial charge on any atom is -0.465 e. The van der Waals surface area contributed by atoms with Crippen molar-refractivity contribution in [3.05, 3.63) is 54.1 Å². The summed E-state index contributed by atoms with van der Waals surface area (Å²) in [6, 6.07) is 14.3. The van der Waals surface area contributed by atoms with Crippen LogP contribution in [0.3, 0.4) is 0 Å². The summed E-state index contributed by atoms with van der Waals surface area (Å²) in [5, 5.41) is 0. The molecule has 0 radical (unpaired) electrons. The van der Waals surface area contributed by atoms with E-state index in [0.717, 1.165) is 10.6 Å². The molecular formula is C14H13O3S+. The summed E-state index contributed by atoms with van der Waals surface area (Å²) in [6.07, 6.45) is 0. The minimum absolute atomic E-state index is 0.357. The zero-order valence-electron chi connectivity index (χ0n) is 9.84. The Kier molecular flexibility index (Phi) is 3.89. The van der Waals surface area contributed by atoms with Gasteiger partial charge in [0.05, 0.1) is 12.7 Å². The van der Waals surface area contributed by atoms with Crippen LogP contribution in [0.15, 0.2) is 53.4 Å². The molecule has 2 rings (SSSR count). The summed E-state index contributed by atoms with van der Waals surface area (Å²) in [4.78, 5) is 12.2. The Bertz CT molecular complexity index is 532. The van der Waals surface area contributed by atoms with Crippen molar-refractivity contribution in [1.29, 1.82) is 0 Å². The molecule has 0 saturated carbocycles. The van der Waals surface area contributed by atoms with Crippen molar-refractivity contribution in [2.75, 3.05) is 7.11 Å². The lowest BCUT2D eigenvalue weighted by Gasteiger charge is -2.05. The van der Waals surface area contributed by atoms with Gasteiger partial charge >= 0.3 is 5.97 Å². The number of esters is 1. The summed E-state index contributed by atoms with van der Waals surface area (Å²) in [5.41, 5.74) is 0.500. The maximum Gasteiger partial charge on any atom is 0.337 e. The number of hydrogen-bond acceptors (Lipinski definition) is 3. The Morgan fingerprint density at radius 2 is 1.44 bits per heavy atom. The Morgan fingerprint density at radius 3 is 1.94 bits per heavy atom. The molecule has 0 N–H and O–H groups in total. The summed E-state index contributed by atoms with van der Waals surface area (Å²) in [6.45, 7) is 0. The maximum absolute atomic E-state index is 11.3. The second-order valence-corrected chi connectivity index (χ2v) is 4.22. The lowest BCUT2D eigenvalue weighted by Crippen LogP contribution is -2.00. The highest BCUT2D eigenvalue weighted by atomic mass is 32.1. The smallest absolute Gasteiger partial charge is 0.337 e. The predicted octanol–water partition coefficient (Wildman–Crippen LogP) is 2.64. The molecule has 2 aromatic rings. The van der Waals surface area contributed by atoms with Gasteiger partial charge in [-0.05, 0) is 61.2 Å². The third kappa shape index (κ3) is 3.05. The lowest BCUT2D eigenvalue weighted by atomic mass is 10.2. The molecule has 0 amide bonds. The highest BCUT2D eigenvalue weighted by molar-refractivity contribution is 7.58. The summed E-state index contributed by atoms with van der Waals surface area (Å²) < 4.78 is 10.3. The molecule has 0 spiro atoms. The maximum atomic E-state index is 11.3. The van der Waals surface area contributed by atoms with Gasteiger partial charge in [0.1, 0.15) is 11.5 Å². The predicted molar refractivity (Wildman–Crippen MR) is 72.7 cm³/mol. The van der Waals surface area contributed by atoms with Gasteiger partial charge in [-0.15, -0.1) is 0 Å². The van der Waals surface area contributed by atoms with Crippen LogP contribution in [-0.2, 0) is 17.4 Å². The third-order valence-corrected chi connectivity index (χ3v) is 2.70. The van der Waals surface area contributed by atoms with Crippen LogP contribution in [0.2, 0.25) is 0 Å². The molecule has 0 aliphatic rings. The second-order valence-electron chi connectivity index (χ2n) is 3.64. The van der Waals surface area contributed by atoms with Crippen LogP contribution in [0.25, 0.3) is 0 Å². The van der Waals surface area contributed by atoms with Gasteiger partial charge in [0.25, 0.3) is 0 Å². The Labute approximate surface area is 111 Å². The number of carbonyl (C=O) groups excluding carboxylic acids is 1. The minimum atomic E-state index is -0.357. The molecule has 0 heterocycles. The largest absolute Gasteiger partial charge is 0.465 e. The molecule has 2 aromatic carbocycles. The summed E-state index contributed by atoms with van der Waals surface area (Å²) in [7, 11) is 1.36. The highest BCUT2D eigenvalue weighted by Gasteiger charge is 2.05. The van der Waals surface area contributed by atoms with E-state index in [1.807, 2.05) is 24.3 Å². The number of methoxy groups -OCH3 is 1. The first-order chi connectivity index (χ1) is 8.69. The van der Waals surface area contributed by atoms with Crippen molar-refractivity contribution in [1.82, 2.24) is 0 Å². The van der Waals surface area contributed by atoms with E-state index in [9.17, 15) is 4.79 Å². The van der Waals surface area contributed by atoms with Gasteiger partial charge in [0, 0.05) is 0 Å². The average Bonchev–Trinajstić information content (AvgIpc) is 2.41. The van der Waals surface area contributed by atoms with E-state index in [-0.39, 0.29) is 5.97 Å². The standard InChI is InChI=1S/C14H12O3S/c1-16-14(15)10-2-4-11(5-3-10)17-12-6-8-13(18)9-7-12/h2-9,18H,1H3/p+1. The topological polar surface area (TPSA) is 35.5 Å². The third-order valence-electron chi connectivity index (χ3n) is 2.37. The van der Waals surface area contributed by atoms with Gasteiger partial charge in [0.2, 0.25) is 0 Å². The molecule has 0 unspecified atom stereocenters. The molecule has 4 heteroatoms. The van der Waals surface area contributed by atoms with E-state index in [4.69, 9.17) is 4.74 Å². The van der Waals surface area contributed by atoms with Crippen LogP contribution in [0.5, 0.6) is 11.5 Å². The lowest BCUT2D eigenvalue weighted by molar-refractivity contribution is 0.0600. The Morgan fingerprint density at radius 1 is 0.944 bits per heavy atom. The second kappa shape index (κ2) is 5.60. The van der Waals surface area contributed by atoms with Crippen molar-refractivity contribution in [2.45, 2.75) is 4.90 Å². The molecule has 0 atom stereocenters. The number of carbonyl (C=O) groups is 1. The average molecular weight is 261 g/mol. The molecule has 3 nitrogen and oxygen atoms in total. The first kappa shape index (κ1) is 12.5. The molecule has 0 saturated heterocycles. The zero-order valence-corrected chi connectivity index (χ0v) is 10.8. The van der Waals surface area contributed by atoms with E-state index in [1.165, 1.54) is 7.11 Å². The normalized spacial score (nSPS) is 9.89. The van der Waals surface area contributed by atoms with Gasteiger partial charge in [-0.3, -0.25) is 0 Å². The van der Waals surface area contributed by atoms with Crippen molar-refractivity contribution in [3.63, 3.8) is 0 Å². The Balaban J connectivity index is 2.10. The van der Waals surface area contributed by atoms with E-state index < -0.39 is 0 Å². The van der Waals surface area contributed by atoms with Crippen LogP contribution in [-0.4, -0.2) is 13.1 Å². The van der Waals surface area contributed by atoms with Gasteiger partial charge in [-0.2, -0.15) is 0 Å². The quantitative estimate of drug-likeness (QED) is 0.629. The van der Waals surface area contributed by atoms with Gasteiger partial charge in [0.15, 0.2) is 4.90 Å². The van der Waals surface area contributed by atoms with E-state index in [1.54, 1.807) is 24.3 Å². The van der Waals surface area contributed by atoms with Crippen LogP contribution < -0.4 is 4.74 Å². The molecule has 0 aliphatic carbocycles. The fourth-order valence-electron chi connectivity index (χ4n) is 1.44. The van der Waals surface area contributed by atoms with Crippen molar-refractivity contribution in [2.24, 2.45) is 0 Å². The molecule has 0 bridgehead atoms. The molecule has 0 aliphatic heterocycles. The molecule has 0 aromatic heterocycles. The monoisotopic (exact) mass is 261 g/mol. The SMILES string of the molecule is COC(=O)c1ccc(Oc2ccc([SH2+])cc2)cc1. The molecular weight excluding hydrogens is 248 g/mol. The van der Waals surface area contributed by atoms with Gasteiger partial charge in [-0.25, -0.2) is 4.79 Å². The van der Waals surface area contributed by atoms with Crippen molar-refractivity contribution >= 4 is 18.6 Å². The fourth-order valence-corrected chi connectivity index (χ4v) is 1.60. The summed E-state index contributed by atoms with van der Waals surface area (Å²) in [5.74, 6) is 1.05. The number of hydrogen-bond donors (Lipinski definition) is 0. The Hall–Kier alpha value is -1.94. The van der Waals surface area contributed by atoms with Crippen LogP contribution in [0.1, 0.15) is 10.4 Å². The molecule has 92 valence electrons. The molecule has 18 heavy (non-hydrogen) atoms. The van der Waals surface area contributed by atoms with Crippen LogP contribution in [0.4, 0.5) is 0 Å². The first-order valence-electron chi connectivity index (χ1n) is 5.37. The number of ether oxygens (including phenoxy) is 2. The van der Waals surface area contributed by atoms with Crippen molar-refractivity contribution in [3.8, 4) is 11.5 Å². The van der Waals surface area contributed by atoms with Gasteiger partial charge < -0.3 is 9.47 Å². The first-order valence-corrected chi connectivity index (χ1v) is 5.87.